The van der Waals surface area contributed by atoms with Crippen LogP contribution in [-0.2, 0) is 9.59 Å². The van der Waals surface area contributed by atoms with Crippen LogP contribution in [0.4, 0.5) is 5.82 Å². The third kappa shape index (κ3) is 3.91. The molecule has 8 heteroatoms. The largest absolute Gasteiger partial charge is 0.481 e. The summed E-state index contributed by atoms with van der Waals surface area (Å²) in [7, 11) is 0. The molecule has 2 aromatic heterocycles. The number of carbonyl (C=O) groups excluding carboxylic acids is 1. The van der Waals surface area contributed by atoms with Crippen molar-refractivity contribution in [2.24, 2.45) is 0 Å². The molecule has 0 aliphatic rings. The van der Waals surface area contributed by atoms with E-state index in [9.17, 15) is 9.59 Å². The van der Waals surface area contributed by atoms with Gasteiger partial charge in [-0.15, -0.1) is 11.3 Å². The van der Waals surface area contributed by atoms with Gasteiger partial charge in [-0.25, -0.2) is 9.97 Å². The molecular weight excluding hydrogens is 304 g/mol. The summed E-state index contributed by atoms with van der Waals surface area (Å²) in [5, 5.41) is 15.2. The molecule has 1 amide bonds. The monoisotopic (exact) mass is 322 g/mol. The predicted molar refractivity (Wildman–Crippen MR) is 85.3 cm³/mol. The van der Waals surface area contributed by atoms with Crippen molar-refractivity contribution in [1.29, 1.82) is 0 Å². The smallest absolute Gasteiger partial charge is 0.305 e. The van der Waals surface area contributed by atoms with Gasteiger partial charge >= 0.3 is 5.97 Å². The Morgan fingerprint density at radius 3 is 2.73 bits per heavy atom. The fraction of sp³-hybridized carbons (Fsp3) is 0.429. The topological polar surface area (TPSA) is 104 Å². The van der Waals surface area contributed by atoms with Crippen molar-refractivity contribution < 1.29 is 14.7 Å². The van der Waals surface area contributed by atoms with Crippen molar-refractivity contribution in [3.8, 4) is 0 Å². The second-order valence-electron chi connectivity index (χ2n) is 4.86. The van der Waals surface area contributed by atoms with E-state index < -0.39 is 5.97 Å². The summed E-state index contributed by atoms with van der Waals surface area (Å²) >= 11 is 1.62. The summed E-state index contributed by atoms with van der Waals surface area (Å²) in [6, 6.07) is 0. The number of nitrogens with one attached hydrogen (secondary N) is 2. The van der Waals surface area contributed by atoms with E-state index in [1.54, 1.807) is 11.3 Å². The molecule has 0 aliphatic carbocycles. The summed E-state index contributed by atoms with van der Waals surface area (Å²) in [5.41, 5.74) is 1.15. The number of anilines is 1. The van der Waals surface area contributed by atoms with Crippen LogP contribution in [0.1, 0.15) is 23.3 Å². The second-order valence-corrected chi connectivity index (χ2v) is 6.06. The Hall–Kier alpha value is -2.22. The highest BCUT2D eigenvalue weighted by molar-refractivity contribution is 7.18. The van der Waals surface area contributed by atoms with Gasteiger partial charge in [0, 0.05) is 24.4 Å². The standard InChI is InChI=1S/C14H18N4O3S/c1-8-9(2)22-14-12(8)13(17-7-18-14)16-5-3-10(19)15-6-4-11(20)21/h7H,3-6H2,1-2H3,(H,15,19)(H,20,21)(H,16,17,18). The first-order valence-corrected chi connectivity index (χ1v) is 7.73. The van der Waals surface area contributed by atoms with Crippen molar-refractivity contribution >= 4 is 39.2 Å². The Kier molecular flexibility index (Phi) is 5.26. The molecule has 3 N–H and O–H groups in total. The molecule has 0 unspecified atom stereocenters. The summed E-state index contributed by atoms with van der Waals surface area (Å²) in [6.45, 7) is 4.65. The zero-order valence-corrected chi connectivity index (χ0v) is 13.3. The van der Waals surface area contributed by atoms with Gasteiger partial charge < -0.3 is 15.7 Å². The van der Waals surface area contributed by atoms with Crippen LogP contribution in [0.3, 0.4) is 0 Å². The lowest BCUT2D eigenvalue weighted by Crippen LogP contribution is -2.27. The third-order valence-electron chi connectivity index (χ3n) is 3.27. The van der Waals surface area contributed by atoms with Crippen LogP contribution < -0.4 is 10.6 Å². The average molecular weight is 322 g/mol. The van der Waals surface area contributed by atoms with Gasteiger partial charge in [-0.3, -0.25) is 9.59 Å². The summed E-state index contributed by atoms with van der Waals surface area (Å²) in [6.07, 6.45) is 1.69. The van der Waals surface area contributed by atoms with Crippen molar-refractivity contribution in [1.82, 2.24) is 15.3 Å². The molecule has 2 heterocycles. The number of aliphatic carboxylic acids is 1. The van der Waals surface area contributed by atoms with E-state index in [0.29, 0.717) is 6.54 Å². The van der Waals surface area contributed by atoms with Gasteiger partial charge in [0.1, 0.15) is 17.0 Å². The van der Waals surface area contributed by atoms with Crippen molar-refractivity contribution in [3.63, 3.8) is 0 Å². The number of carboxylic acids is 1. The summed E-state index contributed by atoms with van der Waals surface area (Å²) < 4.78 is 0. The van der Waals surface area contributed by atoms with Crippen LogP contribution in [0.5, 0.6) is 0 Å². The number of fused-ring (bicyclic) bond motifs is 1. The van der Waals surface area contributed by atoms with E-state index in [4.69, 9.17) is 5.11 Å². The molecular formula is C14H18N4O3S. The molecule has 0 aromatic carbocycles. The molecule has 2 rings (SSSR count). The minimum absolute atomic E-state index is 0.0704. The quantitative estimate of drug-likeness (QED) is 0.717. The van der Waals surface area contributed by atoms with E-state index in [-0.39, 0.29) is 25.3 Å². The number of carboxylic acid groups (broad SMARTS) is 1. The Balaban J connectivity index is 1.90. The minimum atomic E-state index is -0.926. The molecule has 118 valence electrons. The van der Waals surface area contributed by atoms with E-state index in [1.165, 1.54) is 11.2 Å². The zero-order valence-electron chi connectivity index (χ0n) is 12.5. The molecule has 0 saturated heterocycles. The molecule has 0 saturated carbocycles. The summed E-state index contributed by atoms with van der Waals surface area (Å²) in [4.78, 5) is 32.6. The minimum Gasteiger partial charge on any atom is -0.481 e. The highest BCUT2D eigenvalue weighted by Gasteiger charge is 2.11. The molecule has 7 nitrogen and oxygen atoms in total. The van der Waals surface area contributed by atoms with Crippen LogP contribution in [0.25, 0.3) is 10.2 Å². The predicted octanol–water partition coefficient (Wildman–Crippen LogP) is 1.70. The Labute approximate surface area is 131 Å². The van der Waals surface area contributed by atoms with E-state index in [1.807, 2.05) is 13.8 Å². The van der Waals surface area contributed by atoms with Crippen molar-refractivity contribution in [3.05, 3.63) is 16.8 Å². The molecule has 22 heavy (non-hydrogen) atoms. The van der Waals surface area contributed by atoms with Crippen molar-refractivity contribution in [2.75, 3.05) is 18.4 Å². The molecule has 0 bridgehead atoms. The molecule has 0 radical (unpaired) electrons. The maximum atomic E-state index is 11.6. The van der Waals surface area contributed by atoms with Crippen LogP contribution in [0.15, 0.2) is 6.33 Å². The SMILES string of the molecule is Cc1sc2ncnc(NCCC(=O)NCCC(=O)O)c2c1C. The first-order chi connectivity index (χ1) is 10.5. The fourth-order valence-corrected chi connectivity index (χ4v) is 3.00. The molecule has 0 spiro atoms. The highest BCUT2D eigenvalue weighted by atomic mass is 32.1. The van der Waals surface area contributed by atoms with Gasteiger partial charge in [0.05, 0.1) is 11.8 Å². The molecule has 0 aliphatic heterocycles. The van der Waals surface area contributed by atoms with Crippen LogP contribution >= 0.6 is 11.3 Å². The number of nitrogens with zero attached hydrogens (tertiary/aromatic N) is 2. The number of rotatable bonds is 7. The van der Waals surface area contributed by atoms with Gasteiger partial charge in [0.25, 0.3) is 0 Å². The lowest BCUT2D eigenvalue weighted by molar-refractivity contribution is -0.136. The Morgan fingerprint density at radius 2 is 2.00 bits per heavy atom. The maximum Gasteiger partial charge on any atom is 0.305 e. The third-order valence-corrected chi connectivity index (χ3v) is 4.39. The molecule has 0 fully saturated rings. The van der Waals surface area contributed by atoms with Gasteiger partial charge in [0.2, 0.25) is 5.91 Å². The van der Waals surface area contributed by atoms with Crippen LogP contribution in [-0.4, -0.2) is 40.0 Å². The van der Waals surface area contributed by atoms with E-state index >= 15 is 0 Å². The Bertz CT molecular complexity index is 699. The van der Waals surface area contributed by atoms with Gasteiger partial charge in [-0.1, -0.05) is 0 Å². The average Bonchev–Trinajstić information content (AvgIpc) is 2.74. The number of hydrogen-bond donors (Lipinski definition) is 3. The van der Waals surface area contributed by atoms with Gasteiger partial charge in [-0.2, -0.15) is 0 Å². The Morgan fingerprint density at radius 1 is 1.23 bits per heavy atom. The number of amides is 1. The zero-order chi connectivity index (χ0) is 16.1. The van der Waals surface area contributed by atoms with E-state index in [0.717, 1.165) is 21.6 Å². The first-order valence-electron chi connectivity index (χ1n) is 6.92. The second kappa shape index (κ2) is 7.17. The first kappa shape index (κ1) is 16.2. The number of aromatic nitrogens is 2. The molecule has 2 aromatic rings. The number of carbonyl (C=O) groups is 2. The van der Waals surface area contributed by atoms with Gasteiger partial charge in [0.15, 0.2) is 0 Å². The number of hydrogen-bond acceptors (Lipinski definition) is 6. The van der Waals surface area contributed by atoms with Crippen LogP contribution in [0, 0.1) is 13.8 Å². The normalized spacial score (nSPS) is 10.6. The van der Waals surface area contributed by atoms with Crippen molar-refractivity contribution in [2.45, 2.75) is 26.7 Å². The summed E-state index contributed by atoms with van der Waals surface area (Å²) in [5.74, 6) is -0.382. The molecule has 0 atom stereocenters. The van der Waals surface area contributed by atoms with E-state index in [2.05, 4.69) is 20.6 Å². The van der Waals surface area contributed by atoms with Crippen LogP contribution in [0.2, 0.25) is 0 Å². The maximum absolute atomic E-state index is 11.6. The number of aryl methyl sites for hydroxylation is 2. The number of thiophene rings is 1. The lowest BCUT2D eigenvalue weighted by Gasteiger charge is -2.07. The highest BCUT2D eigenvalue weighted by Crippen LogP contribution is 2.32. The fourth-order valence-electron chi connectivity index (χ4n) is 2.01. The lowest BCUT2D eigenvalue weighted by atomic mass is 10.2. The van der Waals surface area contributed by atoms with Gasteiger partial charge in [-0.05, 0) is 19.4 Å².